The lowest BCUT2D eigenvalue weighted by Crippen LogP contribution is -2.39. The number of nitrogens with one attached hydrogen (secondary N) is 1. The number of nitrogen functional groups attached to an aromatic ring is 1. The molecule has 1 amide bonds. The van der Waals surface area contributed by atoms with Crippen molar-refractivity contribution >= 4 is 22.9 Å². The lowest BCUT2D eigenvalue weighted by atomic mass is 9.98. The van der Waals surface area contributed by atoms with Crippen LogP contribution in [-0.2, 0) is 11.3 Å². The summed E-state index contributed by atoms with van der Waals surface area (Å²) in [6.07, 6.45) is 3.20. The number of nitrogens with zero attached hydrogens (tertiary/aromatic N) is 3. The Morgan fingerprint density at radius 2 is 2.19 bits per heavy atom. The third kappa shape index (κ3) is 3.46. The lowest BCUT2D eigenvalue weighted by molar-refractivity contribution is 0.0854. The number of hydrogen-bond acceptors (Lipinski definition) is 5. The molecule has 3 aromatic rings. The number of benzene rings is 1. The summed E-state index contributed by atoms with van der Waals surface area (Å²) in [7, 11) is 0. The second-order valence-electron chi connectivity index (χ2n) is 6.59. The number of piperidine rings is 1. The van der Waals surface area contributed by atoms with Gasteiger partial charge in [0.15, 0.2) is 5.65 Å². The van der Waals surface area contributed by atoms with Gasteiger partial charge in [-0.2, -0.15) is 0 Å². The first-order valence-corrected chi connectivity index (χ1v) is 8.76. The Morgan fingerprint density at radius 1 is 1.35 bits per heavy atom. The van der Waals surface area contributed by atoms with Crippen molar-refractivity contribution in [1.29, 1.82) is 0 Å². The summed E-state index contributed by atoms with van der Waals surface area (Å²) in [4.78, 5) is 26.3. The van der Waals surface area contributed by atoms with E-state index in [4.69, 9.17) is 10.5 Å². The molecule has 3 N–H and O–H groups in total. The number of likely N-dealkylation sites (tertiary alicyclic amines) is 1. The Balaban J connectivity index is 1.42. The van der Waals surface area contributed by atoms with Crippen molar-refractivity contribution in [3.05, 3.63) is 54.0 Å². The molecule has 0 radical (unpaired) electrons. The molecular formula is C19H21N5O2. The van der Waals surface area contributed by atoms with Crippen LogP contribution in [0.2, 0.25) is 0 Å². The number of H-pyrrole nitrogens is 1. The van der Waals surface area contributed by atoms with Crippen molar-refractivity contribution in [2.45, 2.75) is 25.4 Å². The highest BCUT2D eigenvalue weighted by Crippen LogP contribution is 2.27. The third-order valence-electron chi connectivity index (χ3n) is 4.65. The highest BCUT2D eigenvalue weighted by molar-refractivity contribution is 5.74. The van der Waals surface area contributed by atoms with E-state index in [9.17, 15) is 4.79 Å². The molecule has 3 heterocycles. The van der Waals surface area contributed by atoms with E-state index in [-0.39, 0.29) is 18.6 Å². The number of aromatic nitrogens is 3. The van der Waals surface area contributed by atoms with Crippen LogP contribution in [0.5, 0.6) is 0 Å². The van der Waals surface area contributed by atoms with Crippen molar-refractivity contribution in [2.75, 3.05) is 18.8 Å². The molecule has 7 nitrogen and oxygen atoms in total. The minimum atomic E-state index is -0.281. The van der Waals surface area contributed by atoms with Crippen LogP contribution in [0.1, 0.15) is 30.1 Å². The largest absolute Gasteiger partial charge is 0.445 e. The van der Waals surface area contributed by atoms with Gasteiger partial charge >= 0.3 is 6.09 Å². The third-order valence-corrected chi connectivity index (χ3v) is 4.65. The number of anilines is 1. The maximum atomic E-state index is 12.4. The van der Waals surface area contributed by atoms with Crippen LogP contribution in [0.4, 0.5) is 10.5 Å². The fraction of sp³-hybridized carbons (Fsp3) is 0.316. The molecule has 1 aliphatic rings. The number of carbonyl (C=O) groups is 1. The van der Waals surface area contributed by atoms with Gasteiger partial charge in [0.25, 0.3) is 0 Å². The number of hydrogen-bond donors (Lipinski definition) is 2. The van der Waals surface area contributed by atoms with Crippen molar-refractivity contribution in [3.63, 3.8) is 0 Å². The molecular weight excluding hydrogens is 330 g/mol. The van der Waals surface area contributed by atoms with E-state index in [0.717, 1.165) is 29.7 Å². The Labute approximate surface area is 151 Å². The average molecular weight is 351 g/mol. The molecule has 0 saturated carbocycles. The van der Waals surface area contributed by atoms with E-state index >= 15 is 0 Å². The van der Waals surface area contributed by atoms with Crippen LogP contribution in [0.25, 0.3) is 11.2 Å². The molecule has 0 unspecified atom stereocenters. The smallest absolute Gasteiger partial charge is 0.410 e. The summed E-state index contributed by atoms with van der Waals surface area (Å²) in [6.45, 7) is 1.58. The second kappa shape index (κ2) is 7.03. The Kier molecular flexibility index (Phi) is 4.43. The minimum Gasteiger partial charge on any atom is -0.445 e. The van der Waals surface area contributed by atoms with Gasteiger partial charge in [-0.15, -0.1) is 0 Å². The molecule has 1 atom stereocenters. The quantitative estimate of drug-likeness (QED) is 0.756. The number of nitrogens with two attached hydrogens (primary N) is 1. The predicted molar refractivity (Wildman–Crippen MR) is 98.5 cm³/mol. The second-order valence-corrected chi connectivity index (χ2v) is 6.59. The minimum absolute atomic E-state index is 0.142. The van der Waals surface area contributed by atoms with Crippen molar-refractivity contribution in [3.8, 4) is 0 Å². The van der Waals surface area contributed by atoms with E-state index in [1.807, 2.05) is 36.4 Å². The van der Waals surface area contributed by atoms with E-state index in [1.165, 1.54) is 0 Å². The zero-order valence-corrected chi connectivity index (χ0v) is 14.4. The van der Waals surface area contributed by atoms with Gasteiger partial charge in [-0.3, -0.25) is 0 Å². The summed E-state index contributed by atoms with van der Waals surface area (Å²) in [5.74, 6) is 0.988. The number of carbonyl (C=O) groups excluding carboxylic acids is 1. The van der Waals surface area contributed by atoms with Gasteiger partial charge in [0.05, 0.1) is 17.4 Å². The maximum absolute atomic E-state index is 12.4. The fourth-order valence-electron chi connectivity index (χ4n) is 3.30. The molecule has 1 fully saturated rings. The Bertz CT molecular complexity index is 909. The number of pyridine rings is 1. The van der Waals surface area contributed by atoms with Gasteiger partial charge in [-0.05, 0) is 24.5 Å². The standard InChI is InChI=1S/C19H21N5O2/c20-15-9-16-18(21-10-15)23-17(22-16)14-7-4-8-24(11-14)19(25)26-12-13-5-2-1-3-6-13/h1-3,5-6,9-10,14H,4,7-8,11-12,20H2,(H,21,22,23)/t14-/m0/s1. The molecule has 134 valence electrons. The lowest BCUT2D eigenvalue weighted by Gasteiger charge is -2.31. The summed E-state index contributed by atoms with van der Waals surface area (Å²) in [6, 6.07) is 11.5. The Hall–Kier alpha value is -3.09. The van der Waals surface area contributed by atoms with Crippen molar-refractivity contribution < 1.29 is 9.53 Å². The summed E-state index contributed by atoms with van der Waals surface area (Å²) in [5, 5.41) is 0. The number of imidazole rings is 1. The number of amides is 1. The van der Waals surface area contributed by atoms with Gasteiger partial charge in [-0.25, -0.2) is 14.8 Å². The zero-order valence-electron chi connectivity index (χ0n) is 14.4. The molecule has 0 spiro atoms. The van der Waals surface area contributed by atoms with Crippen molar-refractivity contribution in [1.82, 2.24) is 19.9 Å². The average Bonchev–Trinajstić information content (AvgIpc) is 3.10. The summed E-state index contributed by atoms with van der Waals surface area (Å²) in [5.41, 5.74) is 8.83. The molecule has 7 heteroatoms. The van der Waals surface area contributed by atoms with Gasteiger partial charge in [-0.1, -0.05) is 30.3 Å². The normalized spacial score (nSPS) is 17.4. The highest BCUT2D eigenvalue weighted by Gasteiger charge is 2.27. The van der Waals surface area contributed by atoms with E-state index in [1.54, 1.807) is 11.1 Å². The number of fused-ring (bicyclic) bond motifs is 1. The Morgan fingerprint density at radius 3 is 3.04 bits per heavy atom. The van der Waals surface area contributed by atoms with Gasteiger partial charge < -0.3 is 20.4 Å². The molecule has 2 aromatic heterocycles. The van der Waals surface area contributed by atoms with E-state index < -0.39 is 0 Å². The molecule has 26 heavy (non-hydrogen) atoms. The maximum Gasteiger partial charge on any atom is 0.410 e. The van der Waals surface area contributed by atoms with Crippen molar-refractivity contribution in [2.24, 2.45) is 0 Å². The predicted octanol–water partition coefficient (Wildman–Crippen LogP) is 3.06. The summed E-state index contributed by atoms with van der Waals surface area (Å²) >= 11 is 0. The monoisotopic (exact) mass is 351 g/mol. The van der Waals surface area contributed by atoms with Crippen LogP contribution in [0.3, 0.4) is 0 Å². The fourth-order valence-corrected chi connectivity index (χ4v) is 3.30. The first kappa shape index (κ1) is 16.4. The molecule has 1 aromatic carbocycles. The van der Waals surface area contributed by atoms with Crippen LogP contribution < -0.4 is 5.73 Å². The topological polar surface area (TPSA) is 97.1 Å². The number of ether oxygens (including phenoxy) is 1. The van der Waals surface area contributed by atoms with Crippen LogP contribution >= 0.6 is 0 Å². The number of aromatic amines is 1. The van der Waals surface area contributed by atoms with Crippen LogP contribution in [-0.4, -0.2) is 39.0 Å². The summed E-state index contributed by atoms with van der Waals surface area (Å²) < 4.78 is 5.45. The molecule has 0 bridgehead atoms. The van der Waals surface area contributed by atoms with Crippen LogP contribution in [0, 0.1) is 0 Å². The molecule has 4 rings (SSSR count). The first-order chi connectivity index (χ1) is 12.7. The van der Waals surface area contributed by atoms with Crippen LogP contribution in [0.15, 0.2) is 42.6 Å². The first-order valence-electron chi connectivity index (χ1n) is 8.76. The molecule has 1 aliphatic heterocycles. The van der Waals surface area contributed by atoms with E-state index in [0.29, 0.717) is 24.4 Å². The molecule has 0 aliphatic carbocycles. The van der Waals surface area contributed by atoms with Gasteiger partial charge in [0.1, 0.15) is 12.4 Å². The van der Waals surface area contributed by atoms with Gasteiger partial charge in [0.2, 0.25) is 0 Å². The number of rotatable bonds is 3. The highest BCUT2D eigenvalue weighted by atomic mass is 16.6. The van der Waals surface area contributed by atoms with E-state index in [2.05, 4.69) is 15.0 Å². The molecule has 1 saturated heterocycles. The van der Waals surface area contributed by atoms with Gasteiger partial charge in [0, 0.05) is 19.0 Å². The zero-order chi connectivity index (χ0) is 17.9. The SMILES string of the molecule is Nc1cnc2nc([C@H]3CCCN(C(=O)OCc4ccccc4)C3)[nH]c2c1.